The Balaban J connectivity index is 1.80. The maximum Gasteiger partial charge on any atom is 0.213 e. The zero-order valence-corrected chi connectivity index (χ0v) is 18.2. The Morgan fingerprint density at radius 3 is 2.28 bits per heavy atom. The Morgan fingerprint density at radius 1 is 0.828 bits per heavy atom. The van der Waals surface area contributed by atoms with Crippen molar-refractivity contribution >= 4 is 10.9 Å². The zero-order chi connectivity index (χ0) is 20.7. The Labute approximate surface area is 173 Å². The van der Waals surface area contributed by atoms with E-state index in [0.29, 0.717) is 5.92 Å². The molecule has 4 aromatic rings. The van der Waals surface area contributed by atoms with Crippen molar-refractivity contribution in [2.75, 3.05) is 0 Å². The van der Waals surface area contributed by atoms with Gasteiger partial charge in [0.2, 0.25) is 11.2 Å². The Hall–Kier alpha value is -3.00. The van der Waals surface area contributed by atoms with Gasteiger partial charge in [-0.05, 0) is 73.7 Å². The van der Waals surface area contributed by atoms with E-state index in [1.54, 1.807) is 0 Å². The molecule has 0 aliphatic rings. The van der Waals surface area contributed by atoms with Gasteiger partial charge in [-0.25, -0.2) is 0 Å². The first-order chi connectivity index (χ1) is 13.8. The van der Waals surface area contributed by atoms with Crippen molar-refractivity contribution < 1.29 is 4.57 Å². The van der Waals surface area contributed by atoms with Gasteiger partial charge in [0.15, 0.2) is 0 Å². The molecule has 2 aromatic heterocycles. The van der Waals surface area contributed by atoms with Crippen molar-refractivity contribution in [3.8, 4) is 22.4 Å². The highest BCUT2D eigenvalue weighted by Gasteiger charge is 2.17. The van der Waals surface area contributed by atoms with E-state index < -0.39 is 0 Å². The average molecular weight is 382 g/mol. The lowest BCUT2D eigenvalue weighted by molar-refractivity contribution is -0.633. The summed E-state index contributed by atoms with van der Waals surface area (Å²) in [5, 5.41) is 1.24. The van der Waals surface area contributed by atoms with Gasteiger partial charge in [0, 0.05) is 40.5 Å². The molecule has 0 aliphatic heterocycles. The minimum atomic E-state index is 0.451. The molecule has 0 saturated carbocycles. The lowest BCUT2D eigenvalue weighted by atomic mass is 9.96. The third-order valence-electron chi connectivity index (χ3n) is 5.97. The van der Waals surface area contributed by atoms with Crippen molar-refractivity contribution in [2.24, 2.45) is 7.05 Å². The summed E-state index contributed by atoms with van der Waals surface area (Å²) in [4.78, 5) is 4.63. The fourth-order valence-corrected chi connectivity index (χ4v) is 4.08. The van der Waals surface area contributed by atoms with E-state index in [-0.39, 0.29) is 0 Å². The molecule has 0 N–H and O–H groups in total. The van der Waals surface area contributed by atoms with Crippen molar-refractivity contribution in [1.29, 1.82) is 0 Å². The van der Waals surface area contributed by atoms with E-state index in [9.17, 15) is 0 Å². The lowest BCUT2D eigenvalue weighted by Crippen LogP contribution is -2.32. The van der Waals surface area contributed by atoms with Gasteiger partial charge in [-0.3, -0.25) is 4.98 Å². The Bertz CT molecular complexity index is 1200. The standard InChI is InChI=1S/C27H29N2/c1-17(2)25-10-7-23(16-28-25)21-8-11-26-22(15-21)9-12-27(29(26)6)24-14-18(3)13-19(4)20(24)5/h7-17H,1-6H3/q+1. The second-order valence-corrected chi connectivity index (χ2v) is 8.43. The smallest absolute Gasteiger partial charge is 0.213 e. The monoisotopic (exact) mass is 381 g/mol. The van der Waals surface area contributed by atoms with Crippen LogP contribution in [0, 0.1) is 20.8 Å². The number of benzene rings is 2. The number of hydrogen-bond donors (Lipinski definition) is 0. The van der Waals surface area contributed by atoms with Gasteiger partial charge >= 0.3 is 0 Å². The van der Waals surface area contributed by atoms with Crippen LogP contribution < -0.4 is 4.57 Å². The van der Waals surface area contributed by atoms with Gasteiger partial charge < -0.3 is 0 Å². The topological polar surface area (TPSA) is 16.8 Å². The quantitative estimate of drug-likeness (QED) is 0.373. The SMILES string of the molecule is Cc1cc(C)c(C)c(-c2ccc3cc(-c4ccc(C(C)C)nc4)ccc3[n+]2C)c1. The Kier molecular flexibility index (Phi) is 4.96. The molecular formula is C27H29N2+. The van der Waals surface area contributed by atoms with E-state index in [2.05, 4.69) is 106 Å². The summed E-state index contributed by atoms with van der Waals surface area (Å²) >= 11 is 0. The summed E-state index contributed by atoms with van der Waals surface area (Å²) in [6, 6.07) is 20.0. The number of rotatable bonds is 3. The predicted molar refractivity (Wildman–Crippen MR) is 122 cm³/mol. The number of aromatic nitrogens is 2. The molecular weight excluding hydrogens is 352 g/mol. The van der Waals surface area contributed by atoms with Crippen molar-refractivity contribution in [3.63, 3.8) is 0 Å². The molecule has 0 radical (unpaired) electrons. The van der Waals surface area contributed by atoms with E-state index in [0.717, 1.165) is 11.3 Å². The molecule has 0 unspecified atom stereocenters. The number of hydrogen-bond acceptors (Lipinski definition) is 1. The normalized spacial score (nSPS) is 11.4. The van der Waals surface area contributed by atoms with Crippen molar-refractivity contribution in [1.82, 2.24) is 4.98 Å². The molecule has 0 fully saturated rings. The first kappa shape index (κ1) is 19.3. The van der Waals surface area contributed by atoms with E-state index >= 15 is 0 Å². The van der Waals surface area contributed by atoms with E-state index in [1.165, 1.54) is 44.4 Å². The highest BCUT2D eigenvalue weighted by Crippen LogP contribution is 2.28. The number of nitrogens with zero attached hydrogens (tertiary/aromatic N) is 2. The molecule has 2 aromatic carbocycles. The van der Waals surface area contributed by atoms with E-state index in [1.807, 2.05) is 6.20 Å². The largest absolute Gasteiger partial charge is 0.260 e. The third kappa shape index (κ3) is 3.55. The molecule has 0 amide bonds. The molecule has 146 valence electrons. The van der Waals surface area contributed by atoms with Crippen LogP contribution in [0.15, 0.2) is 60.8 Å². The third-order valence-corrected chi connectivity index (χ3v) is 5.97. The van der Waals surface area contributed by atoms with Gasteiger partial charge in [0.05, 0.1) is 0 Å². The lowest BCUT2D eigenvalue weighted by Gasteiger charge is -2.11. The van der Waals surface area contributed by atoms with Crippen LogP contribution >= 0.6 is 0 Å². The van der Waals surface area contributed by atoms with Crippen LogP contribution in [-0.4, -0.2) is 4.98 Å². The molecule has 29 heavy (non-hydrogen) atoms. The van der Waals surface area contributed by atoms with E-state index in [4.69, 9.17) is 0 Å². The fraction of sp³-hybridized carbons (Fsp3) is 0.259. The van der Waals surface area contributed by atoms with Gasteiger partial charge in [-0.1, -0.05) is 31.5 Å². The molecule has 2 nitrogen and oxygen atoms in total. The summed E-state index contributed by atoms with van der Waals surface area (Å²) < 4.78 is 2.31. The molecule has 0 aliphatic carbocycles. The van der Waals surface area contributed by atoms with Crippen LogP contribution in [0.25, 0.3) is 33.3 Å². The van der Waals surface area contributed by atoms with Crippen LogP contribution in [0.1, 0.15) is 42.1 Å². The summed E-state index contributed by atoms with van der Waals surface area (Å²) in [6.07, 6.45) is 1.99. The Morgan fingerprint density at radius 2 is 1.59 bits per heavy atom. The van der Waals surface area contributed by atoms with Crippen LogP contribution in [0.2, 0.25) is 0 Å². The number of pyridine rings is 2. The second kappa shape index (κ2) is 7.44. The van der Waals surface area contributed by atoms with Gasteiger partial charge in [0.25, 0.3) is 0 Å². The second-order valence-electron chi connectivity index (χ2n) is 8.43. The molecule has 0 atom stereocenters. The number of aryl methyl sites for hydroxylation is 3. The summed E-state index contributed by atoms with van der Waals surface area (Å²) in [5.41, 5.74) is 11.3. The maximum atomic E-state index is 4.63. The molecule has 0 bridgehead atoms. The van der Waals surface area contributed by atoms with Crippen LogP contribution in [-0.2, 0) is 7.05 Å². The van der Waals surface area contributed by atoms with Crippen LogP contribution in [0.4, 0.5) is 0 Å². The first-order valence-electron chi connectivity index (χ1n) is 10.3. The van der Waals surface area contributed by atoms with Gasteiger partial charge in [-0.2, -0.15) is 4.57 Å². The molecule has 0 spiro atoms. The van der Waals surface area contributed by atoms with Crippen molar-refractivity contribution in [2.45, 2.75) is 40.5 Å². The molecule has 0 saturated heterocycles. The minimum Gasteiger partial charge on any atom is -0.260 e. The van der Waals surface area contributed by atoms with Crippen LogP contribution in [0.5, 0.6) is 0 Å². The summed E-state index contributed by atoms with van der Waals surface area (Å²) in [6.45, 7) is 10.9. The number of fused-ring (bicyclic) bond motifs is 1. The predicted octanol–water partition coefficient (Wildman–Crippen LogP) is 6.44. The summed E-state index contributed by atoms with van der Waals surface area (Å²) in [5.74, 6) is 0.451. The molecule has 2 heterocycles. The highest BCUT2D eigenvalue weighted by molar-refractivity contribution is 5.83. The summed E-state index contributed by atoms with van der Waals surface area (Å²) in [7, 11) is 2.16. The fourth-order valence-electron chi connectivity index (χ4n) is 4.08. The highest BCUT2D eigenvalue weighted by atomic mass is 14.9. The zero-order valence-electron chi connectivity index (χ0n) is 18.2. The minimum absolute atomic E-state index is 0.451. The first-order valence-corrected chi connectivity index (χ1v) is 10.3. The average Bonchev–Trinajstić information content (AvgIpc) is 2.71. The van der Waals surface area contributed by atoms with Gasteiger partial charge in [0.1, 0.15) is 7.05 Å². The van der Waals surface area contributed by atoms with Gasteiger partial charge in [-0.15, -0.1) is 0 Å². The molecule has 4 rings (SSSR count). The van der Waals surface area contributed by atoms with Crippen LogP contribution in [0.3, 0.4) is 0 Å². The molecule has 2 heteroatoms. The maximum absolute atomic E-state index is 4.63. The van der Waals surface area contributed by atoms with Crippen molar-refractivity contribution in [3.05, 3.63) is 83.2 Å².